The standard InChI is InChI=1S/C15H25FN2O2S/c1-6-18(10-11(2)3)21(19,20)15-8-13(9-17-5)7-14(16)12(15)4/h7-8,11,17H,6,9-10H2,1-5H3. The van der Waals surface area contributed by atoms with Gasteiger partial charge in [0.2, 0.25) is 10.0 Å². The van der Waals surface area contributed by atoms with Gasteiger partial charge in [-0.3, -0.25) is 0 Å². The van der Waals surface area contributed by atoms with E-state index >= 15 is 0 Å². The molecule has 6 heteroatoms. The molecule has 0 unspecified atom stereocenters. The second kappa shape index (κ2) is 7.33. The van der Waals surface area contributed by atoms with Crippen LogP contribution >= 0.6 is 0 Å². The molecule has 0 saturated carbocycles. The average Bonchev–Trinajstić information content (AvgIpc) is 2.39. The van der Waals surface area contributed by atoms with Crippen LogP contribution in [0.3, 0.4) is 0 Å². The lowest BCUT2D eigenvalue weighted by Crippen LogP contribution is -2.34. The zero-order valence-electron chi connectivity index (χ0n) is 13.4. The third-order valence-electron chi connectivity index (χ3n) is 3.28. The van der Waals surface area contributed by atoms with Gasteiger partial charge in [-0.15, -0.1) is 0 Å². The number of rotatable bonds is 7. The molecule has 1 rings (SSSR count). The maximum Gasteiger partial charge on any atom is 0.243 e. The first-order valence-corrected chi connectivity index (χ1v) is 8.61. The van der Waals surface area contributed by atoms with E-state index in [2.05, 4.69) is 5.32 Å². The summed E-state index contributed by atoms with van der Waals surface area (Å²) in [6.45, 7) is 8.45. The topological polar surface area (TPSA) is 49.4 Å². The summed E-state index contributed by atoms with van der Waals surface area (Å²) in [6.07, 6.45) is 0. The monoisotopic (exact) mass is 316 g/mol. The SMILES string of the molecule is CCN(CC(C)C)S(=O)(=O)c1cc(CNC)cc(F)c1C. The third-order valence-corrected chi connectivity index (χ3v) is 5.34. The smallest absolute Gasteiger partial charge is 0.243 e. The van der Waals surface area contributed by atoms with Crippen molar-refractivity contribution < 1.29 is 12.8 Å². The Hall–Kier alpha value is -0.980. The van der Waals surface area contributed by atoms with Crippen LogP contribution in [0.2, 0.25) is 0 Å². The summed E-state index contributed by atoms with van der Waals surface area (Å²) >= 11 is 0. The lowest BCUT2D eigenvalue weighted by Gasteiger charge is -2.23. The second-order valence-electron chi connectivity index (χ2n) is 5.58. The van der Waals surface area contributed by atoms with E-state index in [0.717, 1.165) is 0 Å². The first-order valence-electron chi connectivity index (χ1n) is 7.17. The van der Waals surface area contributed by atoms with Gasteiger partial charge >= 0.3 is 0 Å². The minimum absolute atomic E-state index is 0.0650. The quantitative estimate of drug-likeness (QED) is 0.841. The highest BCUT2D eigenvalue weighted by Crippen LogP contribution is 2.24. The molecule has 1 aromatic carbocycles. The molecule has 0 aliphatic carbocycles. The number of benzene rings is 1. The Morgan fingerprint density at radius 2 is 1.95 bits per heavy atom. The van der Waals surface area contributed by atoms with Crippen molar-refractivity contribution in [1.82, 2.24) is 9.62 Å². The fourth-order valence-corrected chi connectivity index (χ4v) is 4.12. The van der Waals surface area contributed by atoms with Crippen LogP contribution in [0.25, 0.3) is 0 Å². The number of hydrogen-bond acceptors (Lipinski definition) is 3. The summed E-state index contributed by atoms with van der Waals surface area (Å²) in [7, 11) is -1.94. The maximum atomic E-state index is 14.0. The first kappa shape index (κ1) is 18.1. The highest BCUT2D eigenvalue weighted by Gasteiger charge is 2.27. The van der Waals surface area contributed by atoms with E-state index < -0.39 is 15.8 Å². The Morgan fingerprint density at radius 1 is 1.33 bits per heavy atom. The molecule has 4 nitrogen and oxygen atoms in total. The normalized spacial score (nSPS) is 12.4. The van der Waals surface area contributed by atoms with Crippen molar-refractivity contribution in [3.63, 3.8) is 0 Å². The second-order valence-corrected chi connectivity index (χ2v) is 7.49. The predicted molar refractivity (Wildman–Crippen MR) is 83.2 cm³/mol. The Bertz CT molecular complexity index is 586. The van der Waals surface area contributed by atoms with Crippen molar-refractivity contribution >= 4 is 10.0 Å². The first-order chi connectivity index (χ1) is 9.73. The fourth-order valence-electron chi connectivity index (χ4n) is 2.22. The number of halogens is 1. The molecular weight excluding hydrogens is 291 g/mol. The van der Waals surface area contributed by atoms with Crippen LogP contribution < -0.4 is 5.32 Å². The van der Waals surface area contributed by atoms with Gasteiger partial charge < -0.3 is 5.32 Å². The average molecular weight is 316 g/mol. The van der Waals surface area contributed by atoms with Gasteiger partial charge in [0, 0.05) is 25.2 Å². The molecule has 1 N–H and O–H groups in total. The molecule has 1 aromatic rings. The maximum absolute atomic E-state index is 14.0. The number of nitrogens with one attached hydrogen (secondary N) is 1. The lowest BCUT2D eigenvalue weighted by molar-refractivity contribution is 0.380. The molecule has 0 aliphatic heterocycles. The van der Waals surface area contributed by atoms with E-state index in [9.17, 15) is 12.8 Å². The molecule has 0 spiro atoms. The van der Waals surface area contributed by atoms with Gasteiger partial charge in [-0.05, 0) is 37.6 Å². The molecule has 0 bridgehead atoms. The molecule has 21 heavy (non-hydrogen) atoms. The molecule has 0 aliphatic rings. The molecular formula is C15H25FN2O2S. The van der Waals surface area contributed by atoms with Gasteiger partial charge in [-0.1, -0.05) is 20.8 Å². The van der Waals surface area contributed by atoms with Crippen LogP contribution in [0.15, 0.2) is 17.0 Å². The summed E-state index contributed by atoms with van der Waals surface area (Å²) in [5.41, 5.74) is 0.803. The number of nitrogens with zero attached hydrogens (tertiary/aromatic N) is 1. The van der Waals surface area contributed by atoms with E-state index in [0.29, 0.717) is 25.2 Å². The van der Waals surface area contributed by atoms with E-state index in [1.54, 1.807) is 20.0 Å². The van der Waals surface area contributed by atoms with Gasteiger partial charge in [0.1, 0.15) is 5.82 Å². The van der Waals surface area contributed by atoms with Crippen LogP contribution in [-0.2, 0) is 16.6 Å². The Balaban J connectivity index is 3.35. The summed E-state index contributed by atoms with van der Waals surface area (Å²) in [6, 6.07) is 2.94. The largest absolute Gasteiger partial charge is 0.316 e. The van der Waals surface area contributed by atoms with Crippen LogP contribution in [0.1, 0.15) is 31.9 Å². The number of hydrogen-bond donors (Lipinski definition) is 1. The molecule has 0 fully saturated rings. The van der Waals surface area contributed by atoms with Gasteiger partial charge in [-0.2, -0.15) is 4.31 Å². The van der Waals surface area contributed by atoms with Gasteiger partial charge in [0.25, 0.3) is 0 Å². The van der Waals surface area contributed by atoms with Gasteiger partial charge in [-0.25, -0.2) is 12.8 Å². The van der Waals surface area contributed by atoms with E-state index in [1.165, 1.54) is 17.3 Å². The zero-order valence-corrected chi connectivity index (χ0v) is 14.2. The molecule has 0 aromatic heterocycles. The number of sulfonamides is 1. The van der Waals surface area contributed by atoms with Crippen molar-refractivity contribution in [2.24, 2.45) is 5.92 Å². The summed E-state index contributed by atoms with van der Waals surface area (Å²) in [5.74, 6) is -0.271. The minimum Gasteiger partial charge on any atom is -0.316 e. The Kier molecular flexibility index (Phi) is 6.31. The summed E-state index contributed by atoms with van der Waals surface area (Å²) < 4.78 is 41.0. The highest BCUT2D eigenvalue weighted by atomic mass is 32.2. The molecule has 0 saturated heterocycles. The van der Waals surface area contributed by atoms with Crippen LogP contribution in [0, 0.1) is 18.7 Å². The van der Waals surface area contributed by atoms with Crippen molar-refractivity contribution in [2.45, 2.75) is 39.1 Å². The molecule has 0 atom stereocenters. The van der Waals surface area contributed by atoms with Crippen LogP contribution in [0.4, 0.5) is 4.39 Å². The van der Waals surface area contributed by atoms with Crippen molar-refractivity contribution in [3.05, 3.63) is 29.1 Å². The van der Waals surface area contributed by atoms with Crippen LogP contribution in [-0.4, -0.2) is 32.9 Å². The predicted octanol–water partition coefficient (Wildman–Crippen LogP) is 2.52. The molecule has 0 heterocycles. The van der Waals surface area contributed by atoms with E-state index in [4.69, 9.17) is 0 Å². The van der Waals surface area contributed by atoms with Gasteiger partial charge in [0.05, 0.1) is 4.90 Å². The molecule has 0 amide bonds. The van der Waals surface area contributed by atoms with Crippen molar-refractivity contribution in [1.29, 1.82) is 0 Å². The van der Waals surface area contributed by atoms with Crippen molar-refractivity contribution in [2.75, 3.05) is 20.1 Å². The minimum atomic E-state index is -3.67. The molecule has 120 valence electrons. The Morgan fingerprint density at radius 3 is 2.43 bits per heavy atom. The highest BCUT2D eigenvalue weighted by molar-refractivity contribution is 7.89. The van der Waals surface area contributed by atoms with E-state index in [-0.39, 0.29) is 16.4 Å². The zero-order chi connectivity index (χ0) is 16.2. The Labute approximate surface area is 127 Å². The van der Waals surface area contributed by atoms with E-state index in [1.807, 2.05) is 13.8 Å². The molecule has 0 radical (unpaired) electrons. The van der Waals surface area contributed by atoms with Crippen LogP contribution in [0.5, 0.6) is 0 Å². The van der Waals surface area contributed by atoms with Crippen molar-refractivity contribution in [3.8, 4) is 0 Å². The third kappa shape index (κ3) is 4.25. The fraction of sp³-hybridized carbons (Fsp3) is 0.600. The lowest BCUT2D eigenvalue weighted by atomic mass is 10.1. The summed E-state index contributed by atoms with van der Waals surface area (Å²) in [5, 5.41) is 2.91. The summed E-state index contributed by atoms with van der Waals surface area (Å²) in [4.78, 5) is 0.0650. The van der Waals surface area contributed by atoms with Gasteiger partial charge in [0.15, 0.2) is 0 Å².